The Kier molecular flexibility index (Phi) is 9.59. The van der Waals surface area contributed by atoms with Gasteiger partial charge in [0, 0.05) is 17.5 Å². The standard InChI is InChI=1S/C32H19F11O2/c1-2-3-4-23(33)29(38)19-9-12-28(25(35)13-19)44-31(39,40)21-10-11-22(24(34)16-21)18-7-5-17(6-8-18)20-14-26(36)30(27(37)15-20)45-32(41,42)43/h2,5-16H,1,3-4H2/b29-23+. The second-order valence-electron chi connectivity index (χ2n) is 9.40. The number of halogens is 11. The summed E-state index contributed by atoms with van der Waals surface area (Å²) in [4.78, 5) is 0. The number of benzene rings is 4. The van der Waals surface area contributed by atoms with E-state index in [2.05, 4.69) is 16.1 Å². The first-order chi connectivity index (χ1) is 21.1. The third kappa shape index (κ3) is 7.83. The average Bonchev–Trinajstić information content (AvgIpc) is 2.97. The van der Waals surface area contributed by atoms with Crippen LogP contribution in [-0.4, -0.2) is 6.36 Å². The lowest BCUT2D eigenvalue weighted by Crippen LogP contribution is -2.22. The Balaban J connectivity index is 1.53. The first kappa shape index (κ1) is 33.1. The molecular formula is C32H19F11O2. The summed E-state index contributed by atoms with van der Waals surface area (Å²) in [6.45, 7) is 3.37. The minimum absolute atomic E-state index is 0.111. The van der Waals surface area contributed by atoms with Crippen LogP contribution in [0, 0.1) is 23.3 Å². The molecule has 0 fully saturated rings. The molecule has 0 amide bonds. The summed E-state index contributed by atoms with van der Waals surface area (Å²) in [5, 5.41) is 0. The topological polar surface area (TPSA) is 18.5 Å². The smallest absolute Gasteiger partial charge is 0.426 e. The number of rotatable bonds is 10. The molecule has 0 aliphatic heterocycles. The van der Waals surface area contributed by atoms with Gasteiger partial charge in [0.2, 0.25) is 5.75 Å². The highest BCUT2D eigenvalue weighted by atomic mass is 19.4. The second-order valence-corrected chi connectivity index (χ2v) is 9.40. The summed E-state index contributed by atoms with van der Waals surface area (Å²) in [6, 6.07) is 10.4. The van der Waals surface area contributed by atoms with Crippen molar-refractivity contribution in [2.45, 2.75) is 25.3 Å². The van der Waals surface area contributed by atoms with Crippen LogP contribution < -0.4 is 9.47 Å². The van der Waals surface area contributed by atoms with Gasteiger partial charge in [0.25, 0.3) is 0 Å². The van der Waals surface area contributed by atoms with Crippen LogP contribution in [0.4, 0.5) is 48.3 Å². The van der Waals surface area contributed by atoms with E-state index in [1.165, 1.54) is 30.3 Å². The van der Waals surface area contributed by atoms with Crippen LogP contribution >= 0.6 is 0 Å². The quantitative estimate of drug-likeness (QED) is 0.126. The number of alkyl halides is 5. The van der Waals surface area contributed by atoms with Crippen molar-refractivity contribution in [3.8, 4) is 33.8 Å². The van der Waals surface area contributed by atoms with E-state index in [0.717, 1.165) is 18.2 Å². The van der Waals surface area contributed by atoms with Crippen molar-refractivity contribution in [2.75, 3.05) is 0 Å². The molecule has 0 saturated carbocycles. The number of hydrogen-bond acceptors (Lipinski definition) is 2. The fourth-order valence-corrected chi connectivity index (χ4v) is 4.12. The third-order valence-electron chi connectivity index (χ3n) is 6.28. The SMILES string of the molecule is C=CCC/C(F)=C(\F)c1ccc(OC(F)(F)c2ccc(-c3ccc(-c4cc(F)c(OC(F)(F)F)c(F)c4)cc3)c(F)c2)c(F)c1. The van der Waals surface area contributed by atoms with Gasteiger partial charge in [0.05, 0.1) is 5.56 Å². The summed E-state index contributed by atoms with van der Waals surface area (Å²) in [5.41, 5.74) is -1.68. The summed E-state index contributed by atoms with van der Waals surface area (Å²) in [7, 11) is 0. The first-order valence-corrected chi connectivity index (χ1v) is 12.8. The predicted octanol–water partition coefficient (Wildman–Crippen LogP) is 11.2. The highest BCUT2D eigenvalue weighted by Gasteiger charge is 2.37. The third-order valence-corrected chi connectivity index (χ3v) is 6.28. The molecule has 0 radical (unpaired) electrons. The van der Waals surface area contributed by atoms with E-state index in [1.54, 1.807) is 0 Å². The largest absolute Gasteiger partial charge is 0.573 e. The van der Waals surface area contributed by atoms with Crippen molar-refractivity contribution in [1.82, 2.24) is 0 Å². The number of ether oxygens (including phenoxy) is 2. The highest BCUT2D eigenvalue weighted by Crippen LogP contribution is 2.38. The molecule has 4 rings (SSSR count). The fraction of sp³-hybridized carbons (Fsp3) is 0.125. The number of allylic oxidation sites excluding steroid dienone is 2. The molecule has 0 bridgehead atoms. The zero-order valence-corrected chi connectivity index (χ0v) is 22.6. The average molecular weight is 644 g/mol. The maximum Gasteiger partial charge on any atom is 0.573 e. The Labute approximate surface area is 248 Å². The van der Waals surface area contributed by atoms with Crippen LogP contribution in [0.1, 0.15) is 24.0 Å². The van der Waals surface area contributed by atoms with E-state index in [4.69, 9.17) is 0 Å². The van der Waals surface area contributed by atoms with Crippen LogP contribution in [0.15, 0.2) is 91.3 Å². The summed E-state index contributed by atoms with van der Waals surface area (Å²) in [6.07, 6.45) is -8.48. The Morgan fingerprint density at radius 2 is 1.29 bits per heavy atom. The molecule has 0 saturated heterocycles. The first-order valence-electron chi connectivity index (χ1n) is 12.8. The van der Waals surface area contributed by atoms with Gasteiger partial charge in [0.15, 0.2) is 29.0 Å². The summed E-state index contributed by atoms with van der Waals surface area (Å²) >= 11 is 0. The van der Waals surface area contributed by atoms with Crippen LogP contribution in [-0.2, 0) is 6.11 Å². The lowest BCUT2D eigenvalue weighted by atomic mass is 9.98. The van der Waals surface area contributed by atoms with Gasteiger partial charge >= 0.3 is 12.5 Å². The lowest BCUT2D eigenvalue weighted by Gasteiger charge is -2.19. The molecule has 0 spiro atoms. The summed E-state index contributed by atoms with van der Waals surface area (Å²) < 4.78 is 160. The molecule has 0 atom stereocenters. The van der Waals surface area contributed by atoms with Gasteiger partial charge in [-0.2, -0.15) is 8.78 Å². The van der Waals surface area contributed by atoms with Crippen molar-refractivity contribution in [3.05, 3.63) is 126 Å². The van der Waals surface area contributed by atoms with Crippen LogP contribution in [0.25, 0.3) is 28.1 Å². The zero-order chi connectivity index (χ0) is 33.1. The van der Waals surface area contributed by atoms with Crippen molar-refractivity contribution in [1.29, 1.82) is 0 Å². The molecule has 0 N–H and O–H groups in total. The predicted molar refractivity (Wildman–Crippen MR) is 143 cm³/mol. The van der Waals surface area contributed by atoms with Gasteiger partial charge in [-0.15, -0.1) is 19.8 Å². The molecular weight excluding hydrogens is 625 g/mol. The molecule has 2 nitrogen and oxygen atoms in total. The summed E-state index contributed by atoms with van der Waals surface area (Å²) in [5.74, 6) is -11.1. The molecule has 0 aliphatic rings. The van der Waals surface area contributed by atoms with E-state index in [9.17, 15) is 48.3 Å². The van der Waals surface area contributed by atoms with E-state index in [0.29, 0.717) is 30.3 Å². The van der Waals surface area contributed by atoms with E-state index in [1.807, 2.05) is 0 Å². The molecule has 0 aromatic heterocycles. The minimum Gasteiger partial charge on any atom is -0.426 e. The van der Waals surface area contributed by atoms with Crippen LogP contribution in [0.2, 0.25) is 0 Å². The zero-order valence-electron chi connectivity index (χ0n) is 22.6. The second kappa shape index (κ2) is 13.0. The van der Waals surface area contributed by atoms with Crippen molar-refractivity contribution in [2.24, 2.45) is 0 Å². The fourth-order valence-electron chi connectivity index (χ4n) is 4.12. The van der Waals surface area contributed by atoms with Crippen molar-refractivity contribution >= 4 is 5.83 Å². The van der Waals surface area contributed by atoms with E-state index in [-0.39, 0.29) is 35.1 Å². The maximum atomic E-state index is 14.9. The minimum atomic E-state index is -5.33. The molecule has 0 heterocycles. The molecule has 0 aliphatic carbocycles. The normalized spacial score (nSPS) is 12.5. The van der Waals surface area contributed by atoms with Gasteiger partial charge < -0.3 is 9.47 Å². The maximum absolute atomic E-state index is 14.9. The van der Waals surface area contributed by atoms with E-state index >= 15 is 0 Å². The molecule has 4 aromatic rings. The van der Waals surface area contributed by atoms with Gasteiger partial charge in [-0.1, -0.05) is 36.4 Å². The monoisotopic (exact) mass is 644 g/mol. The van der Waals surface area contributed by atoms with Gasteiger partial charge in [-0.25, -0.2) is 26.3 Å². The Morgan fingerprint density at radius 1 is 0.667 bits per heavy atom. The van der Waals surface area contributed by atoms with Crippen LogP contribution in [0.5, 0.6) is 11.5 Å². The molecule has 4 aromatic carbocycles. The molecule has 45 heavy (non-hydrogen) atoms. The van der Waals surface area contributed by atoms with Crippen LogP contribution in [0.3, 0.4) is 0 Å². The van der Waals surface area contributed by atoms with Crippen molar-refractivity contribution in [3.63, 3.8) is 0 Å². The number of hydrogen-bond donors (Lipinski definition) is 0. The van der Waals surface area contributed by atoms with Gasteiger partial charge in [-0.05, 0) is 65.6 Å². The Bertz CT molecular complexity index is 1720. The van der Waals surface area contributed by atoms with Crippen molar-refractivity contribution < 1.29 is 57.8 Å². The van der Waals surface area contributed by atoms with Gasteiger partial charge in [-0.3, -0.25) is 0 Å². The Morgan fingerprint density at radius 3 is 1.84 bits per heavy atom. The molecule has 236 valence electrons. The van der Waals surface area contributed by atoms with E-state index < -0.39 is 70.0 Å². The lowest BCUT2D eigenvalue weighted by molar-refractivity contribution is -0.276. The molecule has 0 unspecified atom stereocenters. The molecule has 13 heteroatoms. The van der Waals surface area contributed by atoms with Gasteiger partial charge in [0.1, 0.15) is 11.6 Å². The highest BCUT2D eigenvalue weighted by molar-refractivity contribution is 5.71. The Hall–Kier alpha value is -4.81.